The second-order valence-electron chi connectivity index (χ2n) is 4.57. The molecule has 0 atom stereocenters. The average molecular weight is 229 g/mol. The van der Waals surface area contributed by atoms with Crippen LogP contribution in [0, 0.1) is 11.3 Å². The van der Waals surface area contributed by atoms with Crippen molar-refractivity contribution in [1.82, 2.24) is 4.98 Å². The molecular weight excluding hydrogens is 210 g/mol. The molecule has 0 aromatic carbocycles. The molecular formula is C14H19N3. The molecule has 0 amide bonds. The number of hydrogen-bond donors (Lipinski definition) is 0. The van der Waals surface area contributed by atoms with Crippen LogP contribution in [0.3, 0.4) is 0 Å². The molecule has 0 bridgehead atoms. The number of rotatable bonds is 3. The summed E-state index contributed by atoms with van der Waals surface area (Å²) < 4.78 is 0. The number of anilines is 1. The largest absolute Gasteiger partial charge is 0.354 e. The molecule has 1 aliphatic carbocycles. The van der Waals surface area contributed by atoms with Gasteiger partial charge in [0.25, 0.3) is 0 Å². The predicted molar refractivity (Wildman–Crippen MR) is 68.8 cm³/mol. The van der Waals surface area contributed by atoms with Crippen molar-refractivity contribution in [3.05, 3.63) is 23.9 Å². The standard InChI is InChI=1S/C14H19N3/c1-2-17(13-8-4-3-5-9-13)14-10-6-7-12(11-15)16-14/h6-7,10,13H,2-5,8-9H2,1H3. The van der Waals surface area contributed by atoms with E-state index >= 15 is 0 Å². The van der Waals surface area contributed by atoms with Crippen LogP contribution in [-0.2, 0) is 0 Å². The third-order valence-corrected chi connectivity index (χ3v) is 3.50. The lowest BCUT2D eigenvalue weighted by atomic mass is 9.94. The number of hydrogen-bond acceptors (Lipinski definition) is 3. The van der Waals surface area contributed by atoms with Crippen molar-refractivity contribution in [2.24, 2.45) is 0 Å². The lowest BCUT2D eigenvalue weighted by Crippen LogP contribution is -2.37. The van der Waals surface area contributed by atoms with Gasteiger partial charge in [-0.2, -0.15) is 5.26 Å². The Balaban J connectivity index is 2.18. The van der Waals surface area contributed by atoms with Crippen molar-refractivity contribution in [3.63, 3.8) is 0 Å². The van der Waals surface area contributed by atoms with Crippen molar-refractivity contribution in [2.45, 2.75) is 45.1 Å². The molecule has 0 radical (unpaired) electrons. The van der Waals surface area contributed by atoms with E-state index in [4.69, 9.17) is 5.26 Å². The Morgan fingerprint density at radius 2 is 2.12 bits per heavy atom. The lowest BCUT2D eigenvalue weighted by molar-refractivity contribution is 0.416. The van der Waals surface area contributed by atoms with Gasteiger partial charge in [0.05, 0.1) is 0 Å². The van der Waals surface area contributed by atoms with Crippen LogP contribution in [0.4, 0.5) is 5.82 Å². The summed E-state index contributed by atoms with van der Waals surface area (Å²) >= 11 is 0. The van der Waals surface area contributed by atoms with Crippen LogP contribution in [0.2, 0.25) is 0 Å². The minimum atomic E-state index is 0.511. The third kappa shape index (κ3) is 2.76. The Morgan fingerprint density at radius 1 is 1.35 bits per heavy atom. The Morgan fingerprint density at radius 3 is 2.76 bits per heavy atom. The molecule has 1 fully saturated rings. The molecule has 3 nitrogen and oxygen atoms in total. The van der Waals surface area contributed by atoms with E-state index in [9.17, 15) is 0 Å². The normalized spacial score (nSPS) is 16.5. The lowest BCUT2D eigenvalue weighted by Gasteiger charge is -2.34. The third-order valence-electron chi connectivity index (χ3n) is 3.50. The van der Waals surface area contributed by atoms with Gasteiger partial charge in [-0.25, -0.2) is 4.98 Å². The van der Waals surface area contributed by atoms with Crippen molar-refractivity contribution < 1.29 is 0 Å². The molecule has 0 spiro atoms. The van der Waals surface area contributed by atoms with Crippen LogP contribution in [0.1, 0.15) is 44.7 Å². The second kappa shape index (κ2) is 5.67. The summed E-state index contributed by atoms with van der Waals surface area (Å²) in [5.74, 6) is 0.957. The van der Waals surface area contributed by atoms with Crippen LogP contribution in [0.5, 0.6) is 0 Å². The molecule has 1 aromatic heterocycles. The Hall–Kier alpha value is -1.56. The minimum absolute atomic E-state index is 0.511. The Bertz CT molecular complexity index is 402. The van der Waals surface area contributed by atoms with Gasteiger partial charge < -0.3 is 4.90 Å². The van der Waals surface area contributed by atoms with Gasteiger partial charge in [0, 0.05) is 12.6 Å². The zero-order valence-corrected chi connectivity index (χ0v) is 10.4. The first-order chi connectivity index (χ1) is 8.35. The molecule has 0 N–H and O–H groups in total. The quantitative estimate of drug-likeness (QED) is 0.799. The number of aromatic nitrogens is 1. The van der Waals surface area contributed by atoms with Crippen LogP contribution in [0.15, 0.2) is 18.2 Å². The van der Waals surface area contributed by atoms with Crippen LogP contribution < -0.4 is 4.90 Å². The molecule has 2 rings (SSSR count). The number of nitrogens with zero attached hydrogens (tertiary/aromatic N) is 3. The summed E-state index contributed by atoms with van der Waals surface area (Å²) in [6, 6.07) is 8.42. The van der Waals surface area contributed by atoms with Gasteiger partial charge >= 0.3 is 0 Å². The average Bonchev–Trinajstić information content (AvgIpc) is 2.41. The number of pyridine rings is 1. The second-order valence-corrected chi connectivity index (χ2v) is 4.57. The van der Waals surface area contributed by atoms with Crippen LogP contribution in [0.25, 0.3) is 0 Å². The summed E-state index contributed by atoms with van der Waals surface area (Å²) in [5.41, 5.74) is 0.511. The van der Waals surface area contributed by atoms with E-state index in [1.54, 1.807) is 6.07 Å². The van der Waals surface area contributed by atoms with Crippen molar-refractivity contribution in [1.29, 1.82) is 5.26 Å². The number of nitriles is 1. The first-order valence-corrected chi connectivity index (χ1v) is 6.49. The molecule has 0 saturated heterocycles. The molecule has 1 aliphatic rings. The van der Waals surface area contributed by atoms with Gasteiger partial charge in [-0.15, -0.1) is 0 Å². The maximum Gasteiger partial charge on any atom is 0.142 e. The van der Waals surface area contributed by atoms with E-state index in [2.05, 4.69) is 22.9 Å². The highest BCUT2D eigenvalue weighted by molar-refractivity contribution is 5.42. The van der Waals surface area contributed by atoms with Gasteiger partial charge in [-0.1, -0.05) is 25.3 Å². The monoisotopic (exact) mass is 229 g/mol. The van der Waals surface area contributed by atoms with E-state index in [-0.39, 0.29) is 0 Å². The summed E-state index contributed by atoms with van der Waals surface area (Å²) in [7, 11) is 0. The highest BCUT2D eigenvalue weighted by Gasteiger charge is 2.20. The van der Waals surface area contributed by atoms with E-state index < -0.39 is 0 Å². The summed E-state index contributed by atoms with van der Waals surface area (Å²) in [6.07, 6.45) is 6.51. The van der Waals surface area contributed by atoms with E-state index in [0.29, 0.717) is 11.7 Å². The van der Waals surface area contributed by atoms with Crippen LogP contribution in [-0.4, -0.2) is 17.6 Å². The summed E-state index contributed by atoms with van der Waals surface area (Å²) in [5, 5.41) is 8.90. The van der Waals surface area contributed by atoms with Gasteiger partial charge in [-0.3, -0.25) is 0 Å². The molecule has 0 aliphatic heterocycles. The highest BCUT2D eigenvalue weighted by Crippen LogP contribution is 2.26. The maximum atomic E-state index is 8.90. The Kier molecular flexibility index (Phi) is 3.98. The van der Waals surface area contributed by atoms with Gasteiger partial charge in [0.1, 0.15) is 17.6 Å². The van der Waals surface area contributed by atoms with Crippen LogP contribution >= 0.6 is 0 Å². The summed E-state index contributed by atoms with van der Waals surface area (Å²) in [6.45, 7) is 3.13. The fourth-order valence-electron chi connectivity index (χ4n) is 2.65. The van der Waals surface area contributed by atoms with Gasteiger partial charge in [0.2, 0.25) is 0 Å². The maximum absolute atomic E-state index is 8.90. The van der Waals surface area contributed by atoms with E-state index in [1.807, 2.05) is 12.1 Å². The fourth-order valence-corrected chi connectivity index (χ4v) is 2.65. The topological polar surface area (TPSA) is 39.9 Å². The molecule has 1 heterocycles. The fraction of sp³-hybridized carbons (Fsp3) is 0.571. The predicted octanol–water partition coefficient (Wildman–Crippen LogP) is 3.11. The van der Waals surface area contributed by atoms with Gasteiger partial charge in [0.15, 0.2) is 0 Å². The first-order valence-electron chi connectivity index (χ1n) is 6.49. The van der Waals surface area contributed by atoms with Gasteiger partial charge in [-0.05, 0) is 31.9 Å². The molecule has 1 aromatic rings. The zero-order valence-electron chi connectivity index (χ0n) is 10.4. The van der Waals surface area contributed by atoms with Crippen molar-refractivity contribution in [3.8, 4) is 6.07 Å². The molecule has 1 saturated carbocycles. The Labute approximate surface area is 103 Å². The SMILES string of the molecule is CCN(c1cccc(C#N)n1)C1CCCCC1. The van der Waals surface area contributed by atoms with E-state index in [1.165, 1.54) is 32.1 Å². The van der Waals surface area contributed by atoms with Crippen molar-refractivity contribution >= 4 is 5.82 Å². The first kappa shape index (κ1) is 11.9. The molecule has 17 heavy (non-hydrogen) atoms. The minimum Gasteiger partial charge on any atom is -0.354 e. The highest BCUT2D eigenvalue weighted by atomic mass is 15.2. The molecule has 3 heteroatoms. The summed E-state index contributed by atoms with van der Waals surface area (Å²) in [4.78, 5) is 6.75. The van der Waals surface area contributed by atoms with Crippen molar-refractivity contribution in [2.75, 3.05) is 11.4 Å². The van der Waals surface area contributed by atoms with E-state index in [0.717, 1.165) is 12.4 Å². The molecule has 0 unspecified atom stereocenters. The smallest absolute Gasteiger partial charge is 0.142 e. The molecule has 90 valence electrons. The zero-order chi connectivity index (χ0) is 12.1.